The van der Waals surface area contributed by atoms with Crippen LogP contribution < -0.4 is 14.3 Å². The molecular weight excluding hydrogens is 506 g/mol. The monoisotopic (exact) mass is 529 g/mol. The van der Waals surface area contributed by atoms with Gasteiger partial charge in [0, 0.05) is 31.8 Å². The number of rotatable bonds is 6. The molecule has 3 heterocycles. The molecule has 8 nitrogen and oxygen atoms in total. The van der Waals surface area contributed by atoms with E-state index in [-0.39, 0.29) is 16.7 Å². The molecule has 1 fully saturated rings. The molecule has 0 N–H and O–H groups in total. The third-order valence-corrected chi connectivity index (χ3v) is 10.2. The lowest BCUT2D eigenvalue weighted by Crippen LogP contribution is -2.42. The molecule has 1 unspecified atom stereocenters. The van der Waals surface area contributed by atoms with Gasteiger partial charge in [0.2, 0.25) is 0 Å². The van der Waals surface area contributed by atoms with Gasteiger partial charge >= 0.3 is 0 Å². The summed E-state index contributed by atoms with van der Waals surface area (Å²) in [6, 6.07) is 6.81. The first-order valence-corrected chi connectivity index (χ1v) is 13.8. The highest BCUT2D eigenvalue weighted by Crippen LogP contribution is 2.34. The van der Waals surface area contributed by atoms with E-state index in [1.165, 1.54) is 21.7 Å². The zero-order valence-electron chi connectivity index (χ0n) is 18.4. The largest absolute Gasteiger partial charge is 0.493 e. The van der Waals surface area contributed by atoms with Crippen molar-refractivity contribution in [3.05, 3.63) is 33.4 Å². The van der Waals surface area contributed by atoms with Gasteiger partial charge in [-0.3, -0.25) is 4.79 Å². The third-order valence-electron chi connectivity index (χ3n) is 5.59. The highest BCUT2D eigenvalue weighted by atomic mass is 35.5. The Hall–Kier alpha value is -1.92. The number of aromatic nitrogens is 1. The van der Waals surface area contributed by atoms with Gasteiger partial charge in [-0.1, -0.05) is 22.9 Å². The summed E-state index contributed by atoms with van der Waals surface area (Å²) in [7, 11) is -0.532. The standard InChI is InChI=1S/C21H24ClN3O5S3/c1-4-25-14-10-15(29-2)16(30-3)11-17(14)31-21(25)23-20(26)13-6-5-9-24(12-13)33(27,28)19-8-7-18(22)32-19/h7-8,10-11,13H,4-6,9,12H2,1-3H3. The van der Waals surface area contributed by atoms with Gasteiger partial charge in [-0.05, 0) is 31.9 Å². The van der Waals surface area contributed by atoms with Crippen molar-refractivity contribution in [1.29, 1.82) is 0 Å². The molecule has 0 aliphatic carbocycles. The van der Waals surface area contributed by atoms with E-state index in [9.17, 15) is 13.2 Å². The number of methoxy groups -OCH3 is 2. The molecule has 1 aliphatic heterocycles. The highest BCUT2D eigenvalue weighted by Gasteiger charge is 2.34. The molecule has 2 aromatic heterocycles. The summed E-state index contributed by atoms with van der Waals surface area (Å²) in [4.78, 5) is 18.1. The average molecular weight is 530 g/mol. The number of halogens is 1. The number of fused-ring (bicyclic) bond motifs is 1. The number of aryl methyl sites for hydroxylation is 1. The maximum absolute atomic E-state index is 13.1. The zero-order chi connectivity index (χ0) is 23.8. The number of carbonyl (C=O) groups is 1. The summed E-state index contributed by atoms with van der Waals surface area (Å²) in [5.74, 6) is 0.397. The molecular formula is C21H24ClN3O5S3. The lowest BCUT2D eigenvalue weighted by molar-refractivity contribution is -0.122. The second-order valence-corrected chi connectivity index (χ2v) is 12.4. The third kappa shape index (κ3) is 4.69. The van der Waals surface area contributed by atoms with E-state index < -0.39 is 15.9 Å². The van der Waals surface area contributed by atoms with Gasteiger partial charge in [-0.25, -0.2) is 8.42 Å². The summed E-state index contributed by atoms with van der Waals surface area (Å²) in [6.07, 6.45) is 1.19. The molecule has 33 heavy (non-hydrogen) atoms. The van der Waals surface area contributed by atoms with Crippen LogP contribution in [-0.2, 0) is 21.4 Å². The van der Waals surface area contributed by atoms with E-state index in [0.717, 1.165) is 21.6 Å². The van der Waals surface area contributed by atoms with Gasteiger partial charge < -0.3 is 14.0 Å². The Balaban J connectivity index is 1.65. The van der Waals surface area contributed by atoms with Crippen molar-refractivity contribution in [2.24, 2.45) is 10.9 Å². The van der Waals surface area contributed by atoms with Crippen molar-refractivity contribution in [3.8, 4) is 11.5 Å². The molecule has 1 atom stereocenters. The predicted octanol–water partition coefficient (Wildman–Crippen LogP) is 3.98. The minimum Gasteiger partial charge on any atom is -0.493 e. The minimum atomic E-state index is -3.69. The minimum absolute atomic E-state index is 0.110. The summed E-state index contributed by atoms with van der Waals surface area (Å²) in [6.45, 7) is 3.08. The zero-order valence-corrected chi connectivity index (χ0v) is 21.6. The lowest BCUT2D eigenvalue weighted by Gasteiger charge is -2.29. The van der Waals surface area contributed by atoms with Crippen LogP contribution in [0.5, 0.6) is 11.5 Å². The Morgan fingerprint density at radius 3 is 2.58 bits per heavy atom. The second-order valence-electron chi connectivity index (χ2n) is 7.51. The van der Waals surface area contributed by atoms with E-state index in [1.54, 1.807) is 20.3 Å². The molecule has 3 aromatic rings. The number of nitrogens with zero attached hydrogens (tertiary/aromatic N) is 3. The number of piperidine rings is 1. The van der Waals surface area contributed by atoms with Gasteiger partial charge in [0.05, 0.1) is 34.7 Å². The Labute approximate surface area is 205 Å². The fourth-order valence-electron chi connectivity index (χ4n) is 3.90. The molecule has 0 radical (unpaired) electrons. The molecule has 1 aliphatic rings. The van der Waals surface area contributed by atoms with Crippen LogP contribution in [0.3, 0.4) is 0 Å². The van der Waals surface area contributed by atoms with Crippen molar-refractivity contribution >= 4 is 60.4 Å². The van der Waals surface area contributed by atoms with Crippen LogP contribution in [0.2, 0.25) is 4.34 Å². The molecule has 1 amide bonds. The van der Waals surface area contributed by atoms with E-state index in [4.69, 9.17) is 21.1 Å². The van der Waals surface area contributed by atoms with Crippen LogP contribution in [0.25, 0.3) is 10.2 Å². The number of thiazole rings is 1. The molecule has 0 spiro atoms. The SMILES string of the molecule is CCn1c(=NC(=O)C2CCCN(S(=O)(=O)c3ccc(Cl)s3)C2)sc2cc(OC)c(OC)cc21. The fraction of sp³-hybridized carbons (Fsp3) is 0.429. The summed E-state index contributed by atoms with van der Waals surface area (Å²) >= 11 is 8.33. The summed E-state index contributed by atoms with van der Waals surface area (Å²) in [5.41, 5.74) is 0.897. The molecule has 0 saturated carbocycles. The number of ether oxygens (including phenoxy) is 2. The number of hydrogen-bond acceptors (Lipinski definition) is 7. The van der Waals surface area contributed by atoms with E-state index >= 15 is 0 Å². The van der Waals surface area contributed by atoms with Crippen molar-refractivity contribution in [2.75, 3.05) is 27.3 Å². The maximum atomic E-state index is 13.1. The quantitative estimate of drug-likeness (QED) is 0.481. The van der Waals surface area contributed by atoms with Gasteiger partial charge in [0.1, 0.15) is 4.21 Å². The molecule has 1 aromatic carbocycles. The first-order chi connectivity index (χ1) is 15.8. The Kier molecular flexibility index (Phi) is 7.15. The number of amides is 1. The number of hydrogen-bond donors (Lipinski definition) is 0. The predicted molar refractivity (Wildman–Crippen MR) is 130 cm³/mol. The average Bonchev–Trinajstić information content (AvgIpc) is 3.40. The van der Waals surface area contributed by atoms with Crippen molar-refractivity contribution in [2.45, 2.75) is 30.5 Å². The van der Waals surface area contributed by atoms with Gasteiger partial charge in [0.15, 0.2) is 16.3 Å². The van der Waals surface area contributed by atoms with Crippen LogP contribution in [0, 0.1) is 5.92 Å². The van der Waals surface area contributed by atoms with Gasteiger partial charge in [-0.2, -0.15) is 9.30 Å². The van der Waals surface area contributed by atoms with E-state index in [2.05, 4.69) is 4.99 Å². The Bertz CT molecular complexity index is 1360. The smallest absolute Gasteiger partial charge is 0.252 e. The molecule has 1 saturated heterocycles. The maximum Gasteiger partial charge on any atom is 0.252 e. The first kappa shape index (κ1) is 24.2. The Morgan fingerprint density at radius 2 is 1.94 bits per heavy atom. The van der Waals surface area contributed by atoms with E-state index in [0.29, 0.717) is 46.6 Å². The number of carbonyl (C=O) groups excluding carboxylic acids is 1. The molecule has 12 heteroatoms. The van der Waals surface area contributed by atoms with Gasteiger partial charge in [-0.15, -0.1) is 11.3 Å². The van der Waals surface area contributed by atoms with Crippen LogP contribution in [0.1, 0.15) is 19.8 Å². The van der Waals surface area contributed by atoms with Crippen LogP contribution in [0.4, 0.5) is 0 Å². The summed E-state index contributed by atoms with van der Waals surface area (Å²) < 4.78 is 41.6. The molecule has 4 rings (SSSR count). The molecule has 178 valence electrons. The Morgan fingerprint density at radius 1 is 1.21 bits per heavy atom. The van der Waals surface area contributed by atoms with Crippen molar-refractivity contribution in [1.82, 2.24) is 8.87 Å². The highest BCUT2D eigenvalue weighted by molar-refractivity contribution is 7.91. The normalized spacial score (nSPS) is 18.1. The number of benzene rings is 1. The van der Waals surface area contributed by atoms with Crippen LogP contribution in [-0.4, -0.2) is 50.5 Å². The number of sulfonamides is 1. The topological polar surface area (TPSA) is 90.2 Å². The lowest BCUT2D eigenvalue weighted by atomic mass is 9.99. The van der Waals surface area contributed by atoms with Crippen molar-refractivity contribution in [3.63, 3.8) is 0 Å². The van der Waals surface area contributed by atoms with Crippen LogP contribution in [0.15, 0.2) is 33.5 Å². The summed E-state index contributed by atoms with van der Waals surface area (Å²) in [5, 5.41) is 0. The molecule has 0 bridgehead atoms. The second kappa shape index (κ2) is 9.75. The fourth-order valence-corrected chi connectivity index (χ4v) is 8.17. The van der Waals surface area contributed by atoms with Crippen LogP contribution >= 0.6 is 34.3 Å². The van der Waals surface area contributed by atoms with E-state index in [1.807, 2.05) is 23.6 Å². The van der Waals surface area contributed by atoms with Gasteiger partial charge in [0.25, 0.3) is 15.9 Å². The van der Waals surface area contributed by atoms with Crippen molar-refractivity contribution < 1.29 is 22.7 Å². The number of thiophene rings is 1. The first-order valence-electron chi connectivity index (χ1n) is 10.4.